The minimum absolute atomic E-state index is 0.0205. The summed E-state index contributed by atoms with van der Waals surface area (Å²) in [6.45, 7) is 6.17. The molecule has 3 heterocycles. The first-order chi connectivity index (χ1) is 12.1. The van der Waals surface area contributed by atoms with Gasteiger partial charge in [0.25, 0.3) is 0 Å². The molecule has 8 heteroatoms. The quantitative estimate of drug-likeness (QED) is 0.607. The van der Waals surface area contributed by atoms with Crippen LogP contribution >= 0.6 is 0 Å². The Morgan fingerprint density at radius 1 is 1.28 bits per heavy atom. The Morgan fingerprint density at radius 3 is 2.76 bits per heavy atom. The number of hydrogen-bond acceptors (Lipinski definition) is 7. The Kier molecular flexibility index (Phi) is 5.08. The molecule has 0 fully saturated rings. The SMILES string of the molecule is CC[C@@H](CO)Nc1nc(Nc2cccnc2)c2ncn(C(C)C)c2n1. The summed E-state index contributed by atoms with van der Waals surface area (Å²) in [6.07, 6.45) is 5.98. The van der Waals surface area contributed by atoms with Gasteiger partial charge in [-0.15, -0.1) is 0 Å². The molecule has 1 atom stereocenters. The van der Waals surface area contributed by atoms with E-state index in [9.17, 15) is 5.11 Å². The molecule has 0 saturated heterocycles. The number of imidazole rings is 1. The first-order valence-corrected chi connectivity index (χ1v) is 8.41. The number of pyridine rings is 1. The van der Waals surface area contributed by atoms with Crippen LogP contribution in [0.3, 0.4) is 0 Å². The third-order valence-corrected chi connectivity index (χ3v) is 3.95. The van der Waals surface area contributed by atoms with Gasteiger partial charge in [-0.2, -0.15) is 9.97 Å². The molecular weight excluding hydrogens is 318 g/mol. The topological polar surface area (TPSA) is 101 Å². The maximum Gasteiger partial charge on any atom is 0.227 e. The van der Waals surface area contributed by atoms with Crippen LogP contribution in [-0.2, 0) is 0 Å². The van der Waals surface area contributed by atoms with E-state index in [1.54, 1.807) is 18.7 Å². The summed E-state index contributed by atoms with van der Waals surface area (Å²) in [4.78, 5) is 17.7. The number of aromatic nitrogens is 5. The number of fused-ring (bicyclic) bond motifs is 1. The van der Waals surface area contributed by atoms with Crippen molar-refractivity contribution in [3.8, 4) is 0 Å². The third-order valence-electron chi connectivity index (χ3n) is 3.95. The molecule has 0 spiro atoms. The molecule has 0 aliphatic heterocycles. The molecule has 132 valence electrons. The largest absolute Gasteiger partial charge is 0.394 e. The van der Waals surface area contributed by atoms with E-state index in [-0.39, 0.29) is 18.7 Å². The Hall–Kier alpha value is -2.74. The molecule has 3 N–H and O–H groups in total. The normalized spacial score (nSPS) is 12.5. The molecule has 0 bridgehead atoms. The Bertz CT molecular complexity index is 828. The van der Waals surface area contributed by atoms with Gasteiger partial charge in [-0.25, -0.2) is 4.98 Å². The Labute approximate surface area is 146 Å². The minimum atomic E-state index is -0.0980. The number of aliphatic hydroxyl groups is 1. The van der Waals surface area contributed by atoms with Crippen LogP contribution in [0, 0.1) is 0 Å². The van der Waals surface area contributed by atoms with Gasteiger partial charge in [0, 0.05) is 12.2 Å². The van der Waals surface area contributed by atoms with E-state index in [2.05, 4.69) is 44.4 Å². The number of rotatable bonds is 7. The molecule has 0 aromatic carbocycles. The van der Waals surface area contributed by atoms with Gasteiger partial charge in [0.15, 0.2) is 17.0 Å². The average molecular weight is 341 g/mol. The molecule has 0 aliphatic rings. The van der Waals surface area contributed by atoms with Crippen molar-refractivity contribution in [2.45, 2.75) is 39.3 Å². The first-order valence-electron chi connectivity index (χ1n) is 8.41. The molecule has 3 aromatic heterocycles. The van der Waals surface area contributed by atoms with Gasteiger partial charge in [-0.05, 0) is 32.4 Å². The zero-order chi connectivity index (χ0) is 17.8. The van der Waals surface area contributed by atoms with Gasteiger partial charge in [0.1, 0.15) is 0 Å². The highest BCUT2D eigenvalue weighted by atomic mass is 16.3. The smallest absolute Gasteiger partial charge is 0.227 e. The zero-order valence-electron chi connectivity index (χ0n) is 14.6. The number of nitrogens with one attached hydrogen (secondary N) is 2. The van der Waals surface area contributed by atoms with E-state index in [0.717, 1.165) is 17.8 Å². The number of aliphatic hydroxyl groups excluding tert-OH is 1. The molecular formula is C17H23N7O. The Morgan fingerprint density at radius 2 is 2.12 bits per heavy atom. The predicted molar refractivity (Wildman–Crippen MR) is 98.0 cm³/mol. The fraction of sp³-hybridized carbons (Fsp3) is 0.412. The summed E-state index contributed by atoms with van der Waals surface area (Å²) in [5.74, 6) is 1.06. The van der Waals surface area contributed by atoms with Crippen molar-refractivity contribution in [2.75, 3.05) is 17.2 Å². The molecule has 0 unspecified atom stereocenters. The van der Waals surface area contributed by atoms with Crippen LogP contribution < -0.4 is 10.6 Å². The molecule has 3 aromatic rings. The third kappa shape index (κ3) is 3.69. The van der Waals surface area contributed by atoms with Crippen molar-refractivity contribution in [1.29, 1.82) is 0 Å². The Balaban J connectivity index is 2.06. The van der Waals surface area contributed by atoms with Crippen LogP contribution in [0.1, 0.15) is 33.2 Å². The van der Waals surface area contributed by atoms with E-state index < -0.39 is 0 Å². The summed E-state index contributed by atoms with van der Waals surface area (Å²) in [7, 11) is 0. The minimum Gasteiger partial charge on any atom is -0.394 e. The summed E-state index contributed by atoms with van der Waals surface area (Å²) >= 11 is 0. The van der Waals surface area contributed by atoms with Crippen molar-refractivity contribution in [1.82, 2.24) is 24.5 Å². The monoisotopic (exact) mass is 341 g/mol. The van der Waals surface area contributed by atoms with E-state index in [1.165, 1.54) is 0 Å². The lowest BCUT2D eigenvalue weighted by atomic mass is 10.2. The van der Waals surface area contributed by atoms with E-state index >= 15 is 0 Å². The number of hydrogen-bond donors (Lipinski definition) is 3. The van der Waals surface area contributed by atoms with Gasteiger partial charge in [-0.3, -0.25) is 4.98 Å². The highest BCUT2D eigenvalue weighted by Crippen LogP contribution is 2.26. The zero-order valence-corrected chi connectivity index (χ0v) is 14.6. The molecule has 8 nitrogen and oxygen atoms in total. The second-order valence-corrected chi connectivity index (χ2v) is 6.11. The fourth-order valence-corrected chi connectivity index (χ4v) is 2.48. The summed E-state index contributed by atoms with van der Waals surface area (Å²) < 4.78 is 2.00. The molecule has 0 saturated carbocycles. The maximum absolute atomic E-state index is 9.45. The van der Waals surface area contributed by atoms with Crippen molar-refractivity contribution >= 4 is 28.6 Å². The van der Waals surface area contributed by atoms with Crippen LogP contribution in [0.2, 0.25) is 0 Å². The van der Waals surface area contributed by atoms with E-state index in [4.69, 9.17) is 0 Å². The van der Waals surface area contributed by atoms with Gasteiger partial charge in [0.2, 0.25) is 5.95 Å². The first kappa shape index (κ1) is 17.1. The predicted octanol–water partition coefficient (Wildman–Crippen LogP) is 2.73. The van der Waals surface area contributed by atoms with Crippen molar-refractivity contribution in [3.63, 3.8) is 0 Å². The number of nitrogens with zero attached hydrogens (tertiary/aromatic N) is 5. The van der Waals surface area contributed by atoms with Gasteiger partial charge in [0.05, 0.1) is 30.9 Å². The molecule has 3 rings (SSSR count). The van der Waals surface area contributed by atoms with Crippen LogP contribution in [0.25, 0.3) is 11.2 Å². The lowest BCUT2D eigenvalue weighted by Gasteiger charge is -2.16. The standard InChI is InChI=1S/C17H23N7O/c1-4-12(9-25)21-17-22-15(20-13-6-5-7-18-8-13)14-16(23-17)24(10-19-14)11(2)3/h5-8,10-12,25H,4,9H2,1-3H3,(H2,20,21,22,23)/t12-/m0/s1. The van der Waals surface area contributed by atoms with E-state index in [1.807, 2.05) is 23.6 Å². The highest BCUT2D eigenvalue weighted by Gasteiger charge is 2.16. The molecule has 25 heavy (non-hydrogen) atoms. The second kappa shape index (κ2) is 7.43. The van der Waals surface area contributed by atoms with Gasteiger partial charge < -0.3 is 20.3 Å². The van der Waals surface area contributed by atoms with Gasteiger partial charge >= 0.3 is 0 Å². The highest BCUT2D eigenvalue weighted by molar-refractivity contribution is 5.86. The van der Waals surface area contributed by atoms with Crippen LogP contribution in [0.4, 0.5) is 17.5 Å². The van der Waals surface area contributed by atoms with Gasteiger partial charge in [-0.1, -0.05) is 6.92 Å². The summed E-state index contributed by atoms with van der Waals surface area (Å²) in [5.41, 5.74) is 2.26. The molecule has 0 amide bonds. The maximum atomic E-state index is 9.45. The fourth-order valence-electron chi connectivity index (χ4n) is 2.48. The summed E-state index contributed by atoms with van der Waals surface area (Å²) in [6, 6.07) is 3.89. The van der Waals surface area contributed by atoms with Crippen molar-refractivity contribution in [3.05, 3.63) is 30.9 Å². The molecule has 0 aliphatic carbocycles. The van der Waals surface area contributed by atoms with E-state index in [0.29, 0.717) is 17.3 Å². The number of anilines is 3. The van der Waals surface area contributed by atoms with Crippen molar-refractivity contribution in [2.24, 2.45) is 0 Å². The molecule has 0 radical (unpaired) electrons. The second-order valence-electron chi connectivity index (χ2n) is 6.11. The van der Waals surface area contributed by atoms with Crippen LogP contribution in [0.15, 0.2) is 30.9 Å². The summed E-state index contributed by atoms with van der Waals surface area (Å²) in [5, 5.41) is 15.9. The lowest BCUT2D eigenvalue weighted by Crippen LogP contribution is -2.24. The average Bonchev–Trinajstić information content (AvgIpc) is 3.05. The lowest BCUT2D eigenvalue weighted by molar-refractivity contribution is 0.271. The van der Waals surface area contributed by atoms with Crippen LogP contribution in [-0.4, -0.2) is 42.3 Å². The van der Waals surface area contributed by atoms with Crippen LogP contribution in [0.5, 0.6) is 0 Å². The van der Waals surface area contributed by atoms with Crippen molar-refractivity contribution < 1.29 is 5.11 Å².